The van der Waals surface area contributed by atoms with Crippen molar-refractivity contribution < 1.29 is 0 Å². The van der Waals surface area contributed by atoms with Crippen molar-refractivity contribution in [2.45, 2.75) is 65.2 Å². The van der Waals surface area contributed by atoms with Gasteiger partial charge in [-0.1, -0.05) is 41.5 Å². The second kappa shape index (κ2) is 5.65. The average molecular weight is 307 g/mol. The molecule has 0 nitrogen and oxygen atoms in total. The SMILES string of the molecule is CCC(C)(C)c1ccc(-c2ccc(C(C)(C)CC)s2)s1. The molecule has 0 aliphatic carbocycles. The van der Waals surface area contributed by atoms with E-state index >= 15 is 0 Å². The lowest BCUT2D eigenvalue weighted by atomic mass is 9.88. The minimum absolute atomic E-state index is 0.297. The zero-order chi connectivity index (χ0) is 15.0. The van der Waals surface area contributed by atoms with Crippen molar-refractivity contribution in [3.05, 3.63) is 34.0 Å². The van der Waals surface area contributed by atoms with E-state index in [1.165, 1.54) is 32.4 Å². The van der Waals surface area contributed by atoms with Crippen LogP contribution in [0.1, 0.15) is 64.1 Å². The van der Waals surface area contributed by atoms with Crippen LogP contribution in [0.25, 0.3) is 9.75 Å². The maximum absolute atomic E-state index is 2.34. The minimum Gasteiger partial charge on any atom is -0.139 e. The third-order valence-electron chi connectivity index (χ3n) is 4.56. The summed E-state index contributed by atoms with van der Waals surface area (Å²) >= 11 is 3.92. The monoisotopic (exact) mass is 306 g/mol. The molecule has 0 bridgehead atoms. The number of hydrogen-bond acceptors (Lipinski definition) is 2. The Morgan fingerprint density at radius 1 is 0.700 bits per heavy atom. The first-order valence-electron chi connectivity index (χ1n) is 7.51. The van der Waals surface area contributed by atoms with Crippen LogP contribution in [0.4, 0.5) is 0 Å². The lowest BCUT2D eigenvalue weighted by molar-refractivity contribution is 0.517. The molecule has 0 saturated carbocycles. The number of hydrogen-bond donors (Lipinski definition) is 0. The van der Waals surface area contributed by atoms with Crippen LogP contribution in [0.2, 0.25) is 0 Å². The van der Waals surface area contributed by atoms with E-state index in [9.17, 15) is 0 Å². The molecule has 110 valence electrons. The van der Waals surface area contributed by atoms with E-state index in [2.05, 4.69) is 65.8 Å². The van der Waals surface area contributed by atoms with E-state index in [0.29, 0.717) is 10.8 Å². The van der Waals surface area contributed by atoms with Gasteiger partial charge in [0.15, 0.2) is 0 Å². The fourth-order valence-corrected chi connectivity index (χ4v) is 4.46. The molecule has 2 heterocycles. The molecule has 0 radical (unpaired) electrons. The predicted molar refractivity (Wildman–Crippen MR) is 94.3 cm³/mol. The third-order valence-corrected chi connectivity index (χ3v) is 7.65. The Balaban J connectivity index is 2.30. The summed E-state index contributed by atoms with van der Waals surface area (Å²) in [6.45, 7) is 13.9. The second-order valence-corrected chi connectivity index (χ2v) is 8.97. The summed E-state index contributed by atoms with van der Waals surface area (Å²) in [6, 6.07) is 9.22. The molecule has 20 heavy (non-hydrogen) atoms. The smallest absolute Gasteiger partial charge is 0.0445 e. The Bertz CT molecular complexity index is 518. The topological polar surface area (TPSA) is 0 Å². The zero-order valence-corrected chi connectivity index (χ0v) is 15.2. The number of rotatable bonds is 5. The summed E-state index contributed by atoms with van der Waals surface area (Å²) in [5.41, 5.74) is 0.595. The standard InChI is InChI=1S/C18H26S2/c1-7-17(3,4)15-11-9-13(19-15)14-10-12-16(20-14)18(5,6)8-2/h9-12H,7-8H2,1-6H3. The molecule has 0 amide bonds. The highest BCUT2D eigenvalue weighted by atomic mass is 32.1. The largest absolute Gasteiger partial charge is 0.139 e. The fourth-order valence-electron chi connectivity index (χ4n) is 2.02. The highest BCUT2D eigenvalue weighted by molar-refractivity contribution is 7.22. The molecule has 2 heteroatoms. The van der Waals surface area contributed by atoms with Gasteiger partial charge in [-0.25, -0.2) is 0 Å². The quantitative estimate of drug-likeness (QED) is 0.566. The molecule has 0 N–H and O–H groups in total. The fraction of sp³-hybridized carbons (Fsp3) is 0.556. The van der Waals surface area contributed by atoms with Gasteiger partial charge in [0.05, 0.1) is 0 Å². The minimum atomic E-state index is 0.297. The molecule has 2 aromatic heterocycles. The van der Waals surface area contributed by atoms with Crippen molar-refractivity contribution >= 4 is 22.7 Å². The second-order valence-electron chi connectivity index (χ2n) is 6.80. The van der Waals surface area contributed by atoms with Crippen LogP contribution in [-0.2, 0) is 10.8 Å². The normalized spacial score (nSPS) is 12.9. The van der Waals surface area contributed by atoms with Crippen molar-refractivity contribution in [3.63, 3.8) is 0 Å². The van der Waals surface area contributed by atoms with Gasteiger partial charge in [-0.2, -0.15) is 0 Å². The van der Waals surface area contributed by atoms with Gasteiger partial charge in [0, 0.05) is 19.5 Å². The molecule has 2 aromatic rings. The molecule has 0 aliphatic rings. The third kappa shape index (κ3) is 3.01. The first-order chi connectivity index (χ1) is 9.30. The molecule has 2 rings (SSSR count). The van der Waals surface area contributed by atoms with Gasteiger partial charge in [0.2, 0.25) is 0 Å². The van der Waals surface area contributed by atoms with Gasteiger partial charge in [0.1, 0.15) is 0 Å². The predicted octanol–water partition coefficient (Wildman–Crippen LogP) is 6.85. The van der Waals surface area contributed by atoms with Crippen molar-refractivity contribution in [1.29, 1.82) is 0 Å². The van der Waals surface area contributed by atoms with Gasteiger partial charge < -0.3 is 0 Å². The van der Waals surface area contributed by atoms with Gasteiger partial charge in [-0.3, -0.25) is 0 Å². The van der Waals surface area contributed by atoms with Crippen LogP contribution < -0.4 is 0 Å². The van der Waals surface area contributed by atoms with E-state index < -0.39 is 0 Å². The maximum atomic E-state index is 2.34. The molecule has 0 fully saturated rings. The zero-order valence-electron chi connectivity index (χ0n) is 13.5. The van der Waals surface area contributed by atoms with Crippen LogP contribution in [0.3, 0.4) is 0 Å². The molecule has 0 saturated heterocycles. The van der Waals surface area contributed by atoms with Gasteiger partial charge >= 0.3 is 0 Å². The molecule has 0 unspecified atom stereocenters. The lowest BCUT2D eigenvalue weighted by Gasteiger charge is -2.20. The van der Waals surface area contributed by atoms with Gasteiger partial charge in [0.25, 0.3) is 0 Å². The van der Waals surface area contributed by atoms with E-state index in [1.54, 1.807) is 0 Å². The van der Waals surface area contributed by atoms with Crippen LogP contribution in [-0.4, -0.2) is 0 Å². The highest BCUT2D eigenvalue weighted by Crippen LogP contribution is 2.41. The summed E-state index contributed by atoms with van der Waals surface area (Å²) in [5.74, 6) is 0. The van der Waals surface area contributed by atoms with E-state index in [-0.39, 0.29) is 0 Å². The molecule has 0 aliphatic heterocycles. The van der Waals surface area contributed by atoms with Crippen LogP contribution >= 0.6 is 22.7 Å². The Morgan fingerprint density at radius 3 is 1.35 bits per heavy atom. The molecular weight excluding hydrogens is 280 g/mol. The first-order valence-corrected chi connectivity index (χ1v) is 9.14. The molecule has 0 spiro atoms. The van der Waals surface area contributed by atoms with E-state index in [0.717, 1.165) is 0 Å². The van der Waals surface area contributed by atoms with Crippen molar-refractivity contribution in [2.75, 3.05) is 0 Å². The van der Waals surface area contributed by atoms with Gasteiger partial charge in [-0.05, 0) is 47.9 Å². The summed E-state index contributed by atoms with van der Waals surface area (Å²) in [7, 11) is 0. The van der Waals surface area contributed by atoms with Crippen LogP contribution in [0.5, 0.6) is 0 Å². The molecule has 0 atom stereocenters. The Kier molecular flexibility index (Phi) is 4.46. The van der Waals surface area contributed by atoms with Crippen molar-refractivity contribution in [2.24, 2.45) is 0 Å². The number of thiophene rings is 2. The summed E-state index contributed by atoms with van der Waals surface area (Å²) in [6.07, 6.45) is 2.37. The summed E-state index contributed by atoms with van der Waals surface area (Å²) < 4.78 is 0. The lowest BCUT2D eigenvalue weighted by Crippen LogP contribution is -2.12. The van der Waals surface area contributed by atoms with Crippen LogP contribution in [0.15, 0.2) is 24.3 Å². The Morgan fingerprint density at radius 2 is 1.05 bits per heavy atom. The highest BCUT2D eigenvalue weighted by Gasteiger charge is 2.23. The molecular formula is C18H26S2. The Labute approximate surface area is 131 Å². The van der Waals surface area contributed by atoms with Crippen LogP contribution in [0, 0.1) is 0 Å². The van der Waals surface area contributed by atoms with E-state index in [4.69, 9.17) is 0 Å². The Hall–Kier alpha value is -0.600. The maximum Gasteiger partial charge on any atom is 0.0445 e. The van der Waals surface area contributed by atoms with Crippen molar-refractivity contribution in [1.82, 2.24) is 0 Å². The average Bonchev–Trinajstić information content (AvgIpc) is 3.07. The van der Waals surface area contributed by atoms with E-state index in [1.807, 2.05) is 22.7 Å². The van der Waals surface area contributed by atoms with Crippen molar-refractivity contribution in [3.8, 4) is 9.75 Å². The van der Waals surface area contributed by atoms with Gasteiger partial charge in [-0.15, -0.1) is 22.7 Å². The first kappa shape index (κ1) is 15.8. The summed E-state index contributed by atoms with van der Waals surface area (Å²) in [4.78, 5) is 5.84. The summed E-state index contributed by atoms with van der Waals surface area (Å²) in [5, 5.41) is 0. The molecule has 0 aromatic carbocycles.